The van der Waals surface area contributed by atoms with Crippen molar-refractivity contribution in [2.75, 3.05) is 31.0 Å². The van der Waals surface area contributed by atoms with Gasteiger partial charge in [-0.1, -0.05) is 0 Å². The van der Waals surface area contributed by atoms with Crippen molar-refractivity contribution in [2.45, 2.75) is 6.85 Å². The Hall–Kier alpha value is -0.480. The average Bonchev–Trinajstić information content (AvgIpc) is 2.66. The Balaban J connectivity index is 2.69. The standard InChI is InChI=1S/C9H12BrNO2/c1-7-8(10)6-9(13-7)11-2-4-12-5-3-11/h6H,2-5H2,1H3/i1D3,2D2,3D2,4D2,5D2. The first-order valence-electron chi connectivity index (χ1n) is 8.75. The lowest BCUT2D eigenvalue weighted by Crippen LogP contribution is -2.35. The molecule has 1 fully saturated rings. The van der Waals surface area contributed by atoms with Crippen molar-refractivity contribution in [2.24, 2.45) is 0 Å². The minimum atomic E-state index is -3.25. The topological polar surface area (TPSA) is 25.6 Å². The molecular formula is C9H12BrNO2. The predicted molar refractivity (Wildman–Crippen MR) is 54.2 cm³/mol. The maximum Gasteiger partial charge on any atom is 0.196 e. The van der Waals surface area contributed by atoms with E-state index in [0.717, 1.165) is 6.07 Å². The number of furan rings is 1. The molecule has 1 aromatic rings. The number of aryl methyl sites for hydroxylation is 1. The van der Waals surface area contributed by atoms with Crippen molar-refractivity contribution in [3.63, 3.8) is 0 Å². The second-order valence-corrected chi connectivity index (χ2v) is 2.98. The molecule has 0 bridgehead atoms. The Bertz CT molecular complexity index is 626. The van der Waals surface area contributed by atoms with E-state index in [2.05, 4.69) is 20.7 Å². The van der Waals surface area contributed by atoms with Gasteiger partial charge in [-0.05, 0) is 22.8 Å². The van der Waals surface area contributed by atoms with Gasteiger partial charge in [0.15, 0.2) is 5.88 Å². The smallest absolute Gasteiger partial charge is 0.196 e. The van der Waals surface area contributed by atoms with E-state index in [0.29, 0.717) is 0 Å². The molecule has 1 aromatic heterocycles. The fourth-order valence-corrected chi connectivity index (χ4v) is 1.04. The quantitative estimate of drug-likeness (QED) is 0.771. The monoisotopic (exact) mass is 256 g/mol. The molecule has 1 saturated heterocycles. The first kappa shape index (κ1) is 2.76. The summed E-state index contributed by atoms with van der Waals surface area (Å²) in [7, 11) is 0. The van der Waals surface area contributed by atoms with Crippen LogP contribution in [0.2, 0.25) is 0 Å². The van der Waals surface area contributed by atoms with Gasteiger partial charge in [0.25, 0.3) is 0 Å². The van der Waals surface area contributed by atoms with Crippen LogP contribution in [-0.2, 0) is 4.74 Å². The normalized spacial score (nSPS) is 46.8. The number of ether oxygens (including phenoxy) is 1. The summed E-state index contributed by atoms with van der Waals surface area (Å²) in [5.41, 5.74) is 0. The molecule has 0 radical (unpaired) electrons. The van der Waals surface area contributed by atoms with E-state index in [-0.39, 0.29) is 9.37 Å². The fourth-order valence-electron chi connectivity index (χ4n) is 0.768. The molecule has 1 aliphatic heterocycles. The molecule has 13 heavy (non-hydrogen) atoms. The van der Waals surface area contributed by atoms with Crippen LogP contribution in [0.1, 0.15) is 20.8 Å². The van der Waals surface area contributed by atoms with Crippen LogP contribution >= 0.6 is 15.9 Å². The van der Waals surface area contributed by atoms with Crippen molar-refractivity contribution in [3.05, 3.63) is 16.3 Å². The van der Waals surface area contributed by atoms with Crippen LogP contribution < -0.4 is 4.90 Å². The zero-order chi connectivity index (χ0) is 18.9. The number of hydrogen-bond acceptors (Lipinski definition) is 3. The van der Waals surface area contributed by atoms with Crippen LogP contribution in [-0.4, -0.2) is 26.1 Å². The van der Waals surface area contributed by atoms with Crippen LogP contribution in [0.4, 0.5) is 5.88 Å². The fraction of sp³-hybridized carbons (Fsp3) is 0.556. The molecule has 0 amide bonds. The lowest BCUT2D eigenvalue weighted by Gasteiger charge is -2.26. The highest BCUT2D eigenvalue weighted by molar-refractivity contribution is 9.10. The summed E-state index contributed by atoms with van der Waals surface area (Å²) in [6.45, 7) is -15.6. The molecule has 2 heterocycles. The highest BCUT2D eigenvalue weighted by Crippen LogP contribution is 2.27. The van der Waals surface area contributed by atoms with Gasteiger partial charge in [-0.2, -0.15) is 0 Å². The molecule has 2 rings (SSSR count). The Morgan fingerprint density at radius 2 is 2.38 bits per heavy atom. The lowest BCUT2D eigenvalue weighted by molar-refractivity contribution is 0.120. The molecule has 1 aliphatic rings. The number of halogens is 1. The van der Waals surface area contributed by atoms with E-state index in [4.69, 9.17) is 19.5 Å². The Morgan fingerprint density at radius 3 is 3.00 bits per heavy atom. The molecule has 0 saturated carbocycles. The van der Waals surface area contributed by atoms with Crippen LogP contribution in [0, 0.1) is 6.85 Å². The third-order valence-corrected chi connectivity index (χ3v) is 1.90. The number of nitrogens with zero attached hydrogens (tertiary/aromatic N) is 1. The van der Waals surface area contributed by atoms with Gasteiger partial charge in [0.2, 0.25) is 0 Å². The lowest BCUT2D eigenvalue weighted by atomic mass is 10.4. The molecule has 0 aliphatic carbocycles. The van der Waals surface area contributed by atoms with Gasteiger partial charge in [0, 0.05) is 23.2 Å². The van der Waals surface area contributed by atoms with Gasteiger partial charge < -0.3 is 14.1 Å². The summed E-state index contributed by atoms with van der Waals surface area (Å²) in [5, 5.41) is 0. The maximum atomic E-state index is 7.86. The molecule has 0 unspecified atom stereocenters. The van der Waals surface area contributed by atoms with E-state index >= 15 is 0 Å². The zero-order valence-electron chi connectivity index (χ0n) is 17.2. The minimum Gasteiger partial charge on any atom is -0.445 e. The van der Waals surface area contributed by atoms with Crippen LogP contribution in [0.3, 0.4) is 0 Å². The van der Waals surface area contributed by atoms with Gasteiger partial charge in [-0.3, -0.25) is 0 Å². The van der Waals surface area contributed by atoms with Crippen LogP contribution in [0.15, 0.2) is 15.0 Å². The van der Waals surface area contributed by atoms with E-state index in [1.807, 2.05) is 0 Å². The van der Waals surface area contributed by atoms with Gasteiger partial charge in [0.1, 0.15) is 5.76 Å². The van der Waals surface area contributed by atoms with Crippen LogP contribution in [0.25, 0.3) is 0 Å². The number of morpholine rings is 1. The summed E-state index contributed by atoms with van der Waals surface area (Å²) in [4.78, 5) is 0.0729. The third-order valence-electron chi connectivity index (χ3n) is 1.31. The van der Waals surface area contributed by atoms with Gasteiger partial charge in [-0.25, -0.2) is 0 Å². The van der Waals surface area contributed by atoms with Gasteiger partial charge in [-0.15, -0.1) is 0 Å². The minimum absolute atomic E-state index is 0.0729. The SMILES string of the molecule is [2H]C([2H])([2H])c1oc(N2C([2H])([2H])C([2H])([2H])OC([2H])([2H])C2([2H])[2H])cc1Br. The van der Waals surface area contributed by atoms with Gasteiger partial charge in [0.05, 0.1) is 28.6 Å². The first-order valence-corrected chi connectivity index (χ1v) is 4.05. The second-order valence-electron chi connectivity index (χ2n) is 2.13. The first-order chi connectivity index (χ1) is 10.5. The van der Waals surface area contributed by atoms with Gasteiger partial charge >= 0.3 is 0 Å². The highest BCUT2D eigenvalue weighted by Gasteiger charge is 2.15. The van der Waals surface area contributed by atoms with Crippen molar-refractivity contribution in [3.8, 4) is 0 Å². The van der Waals surface area contributed by atoms with E-state index in [1.165, 1.54) is 0 Å². The summed E-state index contributed by atoms with van der Waals surface area (Å²) in [5.74, 6) is -1.30. The number of rotatable bonds is 1. The molecular weight excluding hydrogens is 234 g/mol. The Kier molecular flexibility index (Phi) is 0.790. The highest BCUT2D eigenvalue weighted by atomic mass is 79.9. The summed E-state index contributed by atoms with van der Waals surface area (Å²) < 4.78 is 93.0. The van der Waals surface area contributed by atoms with Crippen molar-refractivity contribution >= 4 is 21.8 Å². The maximum absolute atomic E-state index is 7.86. The van der Waals surface area contributed by atoms with E-state index in [9.17, 15) is 0 Å². The number of hydrogen-bond donors (Lipinski definition) is 0. The molecule has 0 spiro atoms. The third kappa shape index (κ3) is 1.89. The summed E-state index contributed by atoms with van der Waals surface area (Å²) in [6, 6.07) is 0.939. The molecule has 3 nitrogen and oxygen atoms in total. The molecule has 0 atom stereocenters. The predicted octanol–water partition coefficient (Wildman–Crippen LogP) is 2.19. The van der Waals surface area contributed by atoms with E-state index < -0.39 is 44.6 Å². The number of anilines is 1. The van der Waals surface area contributed by atoms with E-state index in [1.54, 1.807) is 0 Å². The Morgan fingerprint density at radius 1 is 1.62 bits per heavy atom. The molecule has 72 valence electrons. The van der Waals surface area contributed by atoms with Crippen molar-refractivity contribution in [1.82, 2.24) is 0 Å². The Labute approximate surface area is 101 Å². The van der Waals surface area contributed by atoms with Crippen LogP contribution in [0.5, 0.6) is 0 Å². The molecule has 0 N–H and O–H groups in total. The zero-order valence-corrected chi connectivity index (χ0v) is 7.81. The molecule has 4 heteroatoms. The second kappa shape index (κ2) is 3.72. The largest absolute Gasteiger partial charge is 0.445 e. The van der Waals surface area contributed by atoms with Crippen molar-refractivity contribution < 1.29 is 24.2 Å². The average molecular weight is 257 g/mol. The molecule has 0 aromatic carbocycles. The summed E-state index contributed by atoms with van der Waals surface area (Å²) in [6.07, 6.45) is 0. The van der Waals surface area contributed by atoms with Crippen molar-refractivity contribution in [1.29, 1.82) is 0 Å². The summed E-state index contributed by atoms with van der Waals surface area (Å²) >= 11 is 2.91.